The molecule has 0 bridgehead atoms. The summed E-state index contributed by atoms with van der Waals surface area (Å²) in [6, 6.07) is 5.59. The van der Waals surface area contributed by atoms with Gasteiger partial charge in [-0.3, -0.25) is 4.79 Å². The zero-order valence-electron chi connectivity index (χ0n) is 12.8. The molecule has 1 aromatic rings. The van der Waals surface area contributed by atoms with Crippen molar-refractivity contribution in [3.63, 3.8) is 0 Å². The van der Waals surface area contributed by atoms with Crippen molar-refractivity contribution >= 4 is 12.0 Å². The van der Waals surface area contributed by atoms with E-state index in [0.29, 0.717) is 11.5 Å². The Kier molecular flexibility index (Phi) is 5.62. The third kappa shape index (κ3) is 5.34. The van der Waals surface area contributed by atoms with Gasteiger partial charge < -0.3 is 14.8 Å². The summed E-state index contributed by atoms with van der Waals surface area (Å²) in [6.07, 6.45) is 3.92. The van der Waals surface area contributed by atoms with Gasteiger partial charge >= 0.3 is 0 Å². The summed E-state index contributed by atoms with van der Waals surface area (Å²) < 4.78 is 10.8. The number of amides is 1. The molecule has 0 atom stereocenters. The van der Waals surface area contributed by atoms with Crippen LogP contribution in [0.25, 0.3) is 6.08 Å². The Morgan fingerprint density at radius 1 is 1.30 bits per heavy atom. The van der Waals surface area contributed by atoms with Crippen LogP contribution in [0.2, 0.25) is 0 Å². The number of hydrogen-bond acceptors (Lipinski definition) is 3. The molecule has 0 radical (unpaired) electrons. The molecule has 0 aliphatic carbocycles. The Labute approximate surface area is 120 Å². The molecule has 1 rings (SSSR count). The predicted molar refractivity (Wildman–Crippen MR) is 81.1 cm³/mol. The van der Waals surface area contributed by atoms with Crippen LogP contribution >= 0.6 is 0 Å². The number of methoxy groups -OCH3 is 1. The van der Waals surface area contributed by atoms with Crippen molar-refractivity contribution in [2.45, 2.75) is 33.2 Å². The van der Waals surface area contributed by atoms with Crippen molar-refractivity contribution in [2.75, 3.05) is 13.7 Å². The second-order valence-corrected chi connectivity index (χ2v) is 5.50. The molecule has 0 aliphatic rings. The zero-order valence-corrected chi connectivity index (χ0v) is 12.8. The molecule has 4 heteroatoms. The van der Waals surface area contributed by atoms with Crippen molar-refractivity contribution in [1.82, 2.24) is 5.32 Å². The van der Waals surface area contributed by atoms with E-state index in [9.17, 15) is 4.79 Å². The second-order valence-electron chi connectivity index (χ2n) is 5.50. The van der Waals surface area contributed by atoms with Gasteiger partial charge in [0.2, 0.25) is 0 Å². The van der Waals surface area contributed by atoms with Crippen LogP contribution < -0.4 is 14.8 Å². The molecule has 110 valence electrons. The van der Waals surface area contributed by atoms with Gasteiger partial charge in [-0.15, -0.1) is 0 Å². The first-order valence-corrected chi connectivity index (χ1v) is 6.60. The molecule has 0 fully saturated rings. The number of carbonyl (C=O) groups is 1. The lowest BCUT2D eigenvalue weighted by atomic mass is 10.1. The molecule has 0 saturated carbocycles. The van der Waals surface area contributed by atoms with Crippen LogP contribution in [0.5, 0.6) is 11.5 Å². The van der Waals surface area contributed by atoms with Gasteiger partial charge in [-0.2, -0.15) is 0 Å². The lowest BCUT2D eigenvalue weighted by Gasteiger charge is -2.20. The van der Waals surface area contributed by atoms with Crippen molar-refractivity contribution in [3.05, 3.63) is 29.8 Å². The minimum absolute atomic E-state index is 0.0312. The molecular formula is C16H23NO3. The highest BCUT2D eigenvalue weighted by atomic mass is 16.5. The van der Waals surface area contributed by atoms with Gasteiger partial charge in [-0.05, 0) is 45.4 Å². The Bertz CT molecular complexity index is 487. The van der Waals surface area contributed by atoms with Crippen molar-refractivity contribution < 1.29 is 14.3 Å². The molecule has 0 aromatic heterocycles. The molecule has 1 N–H and O–H groups in total. The monoisotopic (exact) mass is 277 g/mol. The standard InChI is InChI=1S/C16H23NO3/c1-6-7-12-8-9-13(14(10-12)19-5)20-11-15(18)17-16(2,3)4/h6-10H,11H2,1-5H3,(H,17,18)/b7-6+. The summed E-state index contributed by atoms with van der Waals surface area (Å²) in [5.41, 5.74) is 0.760. The maximum Gasteiger partial charge on any atom is 0.258 e. The van der Waals surface area contributed by atoms with Gasteiger partial charge in [0.05, 0.1) is 7.11 Å². The Hall–Kier alpha value is -1.97. The summed E-state index contributed by atoms with van der Waals surface area (Å²) in [7, 11) is 1.58. The highest BCUT2D eigenvalue weighted by Crippen LogP contribution is 2.28. The maximum atomic E-state index is 11.7. The number of rotatable bonds is 5. The van der Waals surface area contributed by atoms with Gasteiger partial charge in [0.25, 0.3) is 5.91 Å². The maximum absolute atomic E-state index is 11.7. The predicted octanol–water partition coefficient (Wildman–Crippen LogP) is 3.02. The highest BCUT2D eigenvalue weighted by Gasteiger charge is 2.14. The molecule has 0 unspecified atom stereocenters. The van der Waals surface area contributed by atoms with Gasteiger partial charge in [0, 0.05) is 5.54 Å². The number of hydrogen-bond donors (Lipinski definition) is 1. The van der Waals surface area contributed by atoms with E-state index in [1.165, 1.54) is 0 Å². The van der Waals surface area contributed by atoms with Crippen LogP contribution in [0.15, 0.2) is 24.3 Å². The van der Waals surface area contributed by atoms with Gasteiger partial charge in [0.1, 0.15) is 0 Å². The van der Waals surface area contributed by atoms with Crippen molar-refractivity contribution in [1.29, 1.82) is 0 Å². The van der Waals surface area contributed by atoms with Gasteiger partial charge in [-0.1, -0.05) is 18.2 Å². The molecule has 0 aliphatic heterocycles. The lowest BCUT2D eigenvalue weighted by Crippen LogP contribution is -2.43. The smallest absolute Gasteiger partial charge is 0.258 e. The summed E-state index contributed by atoms with van der Waals surface area (Å²) in [5, 5.41) is 2.84. The summed E-state index contributed by atoms with van der Waals surface area (Å²) in [4.78, 5) is 11.7. The molecular weight excluding hydrogens is 254 g/mol. The van der Waals surface area contributed by atoms with Crippen LogP contribution in [-0.2, 0) is 4.79 Å². The van der Waals surface area contributed by atoms with Crippen LogP contribution in [0.1, 0.15) is 33.3 Å². The summed E-state index contributed by atoms with van der Waals surface area (Å²) in [5.74, 6) is 1.02. The van der Waals surface area contributed by atoms with E-state index in [2.05, 4.69) is 5.32 Å². The highest BCUT2D eigenvalue weighted by molar-refractivity contribution is 5.78. The van der Waals surface area contributed by atoms with Crippen LogP contribution in [-0.4, -0.2) is 25.2 Å². The van der Waals surface area contributed by atoms with Gasteiger partial charge in [0.15, 0.2) is 18.1 Å². The first kappa shape index (κ1) is 16.1. The first-order chi connectivity index (χ1) is 9.35. The van der Waals surface area contributed by atoms with Crippen LogP contribution in [0, 0.1) is 0 Å². The molecule has 0 heterocycles. The van der Waals surface area contributed by atoms with E-state index in [0.717, 1.165) is 5.56 Å². The minimum Gasteiger partial charge on any atom is -0.493 e. The molecule has 1 amide bonds. The van der Waals surface area contributed by atoms with E-state index in [4.69, 9.17) is 9.47 Å². The third-order valence-electron chi connectivity index (χ3n) is 2.42. The van der Waals surface area contributed by atoms with Crippen molar-refractivity contribution in [2.24, 2.45) is 0 Å². The fourth-order valence-corrected chi connectivity index (χ4v) is 1.70. The number of benzene rings is 1. The first-order valence-electron chi connectivity index (χ1n) is 6.60. The Morgan fingerprint density at radius 3 is 2.55 bits per heavy atom. The molecule has 0 spiro atoms. The average molecular weight is 277 g/mol. The van der Waals surface area contributed by atoms with E-state index < -0.39 is 0 Å². The van der Waals surface area contributed by atoms with E-state index >= 15 is 0 Å². The molecule has 4 nitrogen and oxygen atoms in total. The van der Waals surface area contributed by atoms with Crippen LogP contribution in [0.3, 0.4) is 0 Å². The van der Waals surface area contributed by atoms with Crippen molar-refractivity contribution in [3.8, 4) is 11.5 Å². The molecule has 20 heavy (non-hydrogen) atoms. The second kappa shape index (κ2) is 6.98. The normalized spacial score (nSPS) is 11.4. The minimum atomic E-state index is -0.264. The Balaban J connectivity index is 2.70. The number of carbonyl (C=O) groups excluding carboxylic acids is 1. The zero-order chi connectivity index (χ0) is 15.2. The SMILES string of the molecule is C/C=C/c1ccc(OCC(=O)NC(C)(C)C)c(OC)c1. The Morgan fingerprint density at radius 2 is 2.00 bits per heavy atom. The van der Waals surface area contributed by atoms with E-state index in [1.54, 1.807) is 13.2 Å². The fraction of sp³-hybridized carbons (Fsp3) is 0.438. The topological polar surface area (TPSA) is 47.6 Å². The third-order valence-corrected chi connectivity index (χ3v) is 2.42. The van der Waals surface area contributed by atoms with E-state index in [1.807, 2.05) is 52.0 Å². The summed E-state index contributed by atoms with van der Waals surface area (Å²) >= 11 is 0. The number of nitrogens with one attached hydrogen (secondary N) is 1. The lowest BCUT2D eigenvalue weighted by molar-refractivity contribution is -0.124. The average Bonchev–Trinajstić information content (AvgIpc) is 2.35. The quantitative estimate of drug-likeness (QED) is 0.900. The summed E-state index contributed by atoms with van der Waals surface area (Å²) in [6.45, 7) is 7.70. The largest absolute Gasteiger partial charge is 0.493 e. The number of allylic oxidation sites excluding steroid dienone is 1. The fourth-order valence-electron chi connectivity index (χ4n) is 1.70. The van der Waals surface area contributed by atoms with Gasteiger partial charge in [-0.25, -0.2) is 0 Å². The molecule has 1 aromatic carbocycles. The number of ether oxygens (including phenoxy) is 2. The van der Waals surface area contributed by atoms with E-state index in [-0.39, 0.29) is 18.1 Å². The molecule has 0 saturated heterocycles. The van der Waals surface area contributed by atoms with Crippen LogP contribution in [0.4, 0.5) is 0 Å².